The topological polar surface area (TPSA) is 63.0 Å². The second-order valence-corrected chi connectivity index (χ2v) is 7.95. The van der Waals surface area contributed by atoms with Crippen molar-refractivity contribution >= 4 is 16.9 Å². The molecule has 0 bridgehead atoms. The Balaban J connectivity index is 1.36. The zero-order valence-corrected chi connectivity index (χ0v) is 18.0. The fourth-order valence-electron chi connectivity index (χ4n) is 4.06. The Morgan fingerprint density at radius 1 is 1.06 bits per heavy atom. The van der Waals surface area contributed by atoms with Gasteiger partial charge in [-0.2, -0.15) is 0 Å². The number of hydrogen-bond donors (Lipinski definition) is 0. The quantitative estimate of drug-likeness (QED) is 0.572. The summed E-state index contributed by atoms with van der Waals surface area (Å²) in [5, 5.41) is 0.892. The van der Waals surface area contributed by atoms with Crippen LogP contribution >= 0.6 is 0 Å². The van der Waals surface area contributed by atoms with E-state index in [1.54, 1.807) is 13.0 Å². The number of fused-ring (bicyclic) bond motifs is 1. The molecule has 2 heterocycles. The van der Waals surface area contributed by atoms with Gasteiger partial charge in [-0.1, -0.05) is 37.3 Å². The van der Waals surface area contributed by atoms with E-state index in [1.807, 2.05) is 30.0 Å². The minimum absolute atomic E-state index is 0.0248. The number of nitrogens with zero attached hydrogens (tertiary/aromatic N) is 2. The first-order chi connectivity index (χ1) is 15.0. The minimum Gasteiger partial charge on any atom is -0.481 e. The molecule has 0 saturated carbocycles. The van der Waals surface area contributed by atoms with Crippen molar-refractivity contribution in [2.24, 2.45) is 0 Å². The number of piperazine rings is 1. The maximum Gasteiger partial charge on any atom is 0.336 e. The molecule has 0 radical (unpaired) electrons. The van der Waals surface area contributed by atoms with Crippen LogP contribution in [0.5, 0.6) is 5.75 Å². The van der Waals surface area contributed by atoms with E-state index in [9.17, 15) is 9.59 Å². The van der Waals surface area contributed by atoms with Crippen molar-refractivity contribution in [3.8, 4) is 5.75 Å². The standard InChI is InChI=1S/C25H28N2O4/c1-3-20-15-24(28)31-23-16-21(9-10-22(20)23)30-18(2)25(29)27-13-11-26(12-14-27)17-19-7-5-4-6-8-19/h4-10,15-16,18H,3,11-14,17H2,1-2H3/t18-/m1/s1. The number of hydrogen-bond acceptors (Lipinski definition) is 5. The van der Waals surface area contributed by atoms with Gasteiger partial charge in [0.15, 0.2) is 6.10 Å². The van der Waals surface area contributed by atoms with Crippen LogP contribution in [-0.4, -0.2) is 48.0 Å². The molecule has 1 aromatic heterocycles. The molecule has 162 valence electrons. The van der Waals surface area contributed by atoms with E-state index >= 15 is 0 Å². The molecule has 1 amide bonds. The average Bonchev–Trinajstić information content (AvgIpc) is 2.79. The first-order valence-electron chi connectivity index (χ1n) is 10.8. The average molecular weight is 421 g/mol. The molecule has 0 N–H and O–H groups in total. The van der Waals surface area contributed by atoms with Gasteiger partial charge in [0.05, 0.1) is 0 Å². The van der Waals surface area contributed by atoms with Gasteiger partial charge in [-0.05, 0) is 36.6 Å². The molecule has 2 aromatic carbocycles. The van der Waals surface area contributed by atoms with Crippen LogP contribution in [0.25, 0.3) is 11.0 Å². The summed E-state index contributed by atoms with van der Waals surface area (Å²) in [4.78, 5) is 28.9. The highest BCUT2D eigenvalue weighted by Gasteiger charge is 2.26. The number of aryl methyl sites for hydroxylation is 1. The monoisotopic (exact) mass is 420 g/mol. The van der Waals surface area contributed by atoms with E-state index in [4.69, 9.17) is 9.15 Å². The lowest BCUT2D eigenvalue weighted by atomic mass is 10.1. The largest absolute Gasteiger partial charge is 0.481 e. The Kier molecular flexibility index (Phi) is 6.37. The van der Waals surface area contributed by atoms with Gasteiger partial charge < -0.3 is 14.1 Å². The Morgan fingerprint density at radius 2 is 1.81 bits per heavy atom. The van der Waals surface area contributed by atoms with Crippen molar-refractivity contribution in [3.63, 3.8) is 0 Å². The van der Waals surface area contributed by atoms with Gasteiger partial charge in [0.2, 0.25) is 0 Å². The van der Waals surface area contributed by atoms with E-state index in [2.05, 4.69) is 29.2 Å². The summed E-state index contributed by atoms with van der Waals surface area (Å²) in [6, 6.07) is 17.3. The Morgan fingerprint density at radius 3 is 2.52 bits per heavy atom. The molecule has 1 aliphatic heterocycles. The lowest BCUT2D eigenvalue weighted by Crippen LogP contribution is -2.51. The molecule has 1 saturated heterocycles. The van der Waals surface area contributed by atoms with Crippen molar-refractivity contribution in [2.45, 2.75) is 32.9 Å². The molecule has 1 fully saturated rings. The van der Waals surface area contributed by atoms with Gasteiger partial charge in [-0.25, -0.2) is 4.79 Å². The number of carbonyl (C=O) groups is 1. The molecule has 1 atom stereocenters. The first-order valence-corrected chi connectivity index (χ1v) is 10.8. The van der Waals surface area contributed by atoms with Crippen molar-refractivity contribution in [1.82, 2.24) is 9.80 Å². The Hall–Kier alpha value is -3.12. The van der Waals surface area contributed by atoms with Gasteiger partial charge in [0, 0.05) is 50.2 Å². The van der Waals surface area contributed by atoms with Crippen LogP contribution in [0.15, 0.2) is 63.8 Å². The fraction of sp³-hybridized carbons (Fsp3) is 0.360. The molecule has 0 aliphatic carbocycles. The van der Waals surface area contributed by atoms with E-state index in [0.29, 0.717) is 24.4 Å². The number of ether oxygens (including phenoxy) is 1. The van der Waals surface area contributed by atoms with E-state index in [0.717, 1.165) is 37.0 Å². The molecule has 3 aromatic rings. The molecule has 31 heavy (non-hydrogen) atoms. The van der Waals surface area contributed by atoms with Crippen molar-refractivity contribution in [1.29, 1.82) is 0 Å². The fourth-order valence-corrected chi connectivity index (χ4v) is 4.06. The highest BCUT2D eigenvalue weighted by Crippen LogP contribution is 2.24. The molecular formula is C25H28N2O4. The van der Waals surface area contributed by atoms with Crippen LogP contribution in [0.3, 0.4) is 0 Å². The second-order valence-electron chi connectivity index (χ2n) is 7.95. The van der Waals surface area contributed by atoms with Crippen LogP contribution in [0.1, 0.15) is 25.0 Å². The van der Waals surface area contributed by atoms with Gasteiger partial charge in [-0.3, -0.25) is 9.69 Å². The summed E-state index contributed by atoms with van der Waals surface area (Å²) in [5.41, 5.74) is 2.33. The smallest absolute Gasteiger partial charge is 0.336 e. The maximum atomic E-state index is 12.9. The van der Waals surface area contributed by atoms with Gasteiger partial charge in [0.25, 0.3) is 5.91 Å². The summed E-state index contributed by atoms with van der Waals surface area (Å²) < 4.78 is 11.2. The zero-order chi connectivity index (χ0) is 21.8. The van der Waals surface area contributed by atoms with Gasteiger partial charge >= 0.3 is 5.63 Å². The van der Waals surface area contributed by atoms with Crippen LogP contribution < -0.4 is 10.4 Å². The summed E-state index contributed by atoms with van der Waals surface area (Å²) >= 11 is 0. The van der Waals surface area contributed by atoms with Crippen molar-refractivity contribution < 1.29 is 13.9 Å². The molecule has 4 rings (SSSR count). The van der Waals surface area contributed by atoms with Gasteiger partial charge in [0.1, 0.15) is 11.3 Å². The van der Waals surface area contributed by atoms with Crippen LogP contribution in [-0.2, 0) is 17.8 Å². The normalized spacial score (nSPS) is 15.7. The van der Waals surface area contributed by atoms with Crippen molar-refractivity contribution in [2.75, 3.05) is 26.2 Å². The highest BCUT2D eigenvalue weighted by atomic mass is 16.5. The number of carbonyl (C=O) groups excluding carboxylic acids is 1. The third-order valence-corrected chi connectivity index (χ3v) is 5.78. The van der Waals surface area contributed by atoms with E-state index < -0.39 is 6.10 Å². The van der Waals surface area contributed by atoms with Crippen LogP contribution in [0, 0.1) is 0 Å². The molecule has 1 aliphatic rings. The lowest BCUT2D eigenvalue weighted by Gasteiger charge is -2.35. The molecule has 0 spiro atoms. The van der Waals surface area contributed by atoms with Gasteiger partial charge in [-0.15, -0.1) is 0 Å². The second kappa shape index (κ2) is 9.35. The summed E-state index contributed by atoms with van der Waals surface area (Å²) in [5.74, 6) is 0.496. The molecule has 6 heteroatoms. The zero-order valence-electron chi connectivity index (χ0n) is 18.0. The van der Waals surface area contributed by atoms with Crippen LogP contribution in [0.4, 0.5) is 0 Å². The SMILES string of the molecule is CCc1cc(=O)oc2cc(O[C@H](C)C(=O)N3CCN(Cc4ccccc4)CC3)ccc12. The molecule has 6 nitrogen and oxygen atoms in total. The number of rotatable bonds is 6. The van der Waals surface area contributed by atoms with E-state index in [-0.39, 0.29) is 11.5 Å². The van der Waals surface area contributed by atoms with Crippen LogP contribution in [0.2, 0.25) is 0 Å². The summed E-state index contributed by atoms with van der Waals surface area (Å²) in [6.07, 6.45) is 0.132. The van der Waals surface area contributed by atoms with E-state index in [1.165, 1.54) is 11.6 Å². The first kappa shape index (κ1) is 21.1. The Bertz CT molecular complexity index is 1100. The predicted molar refractivity (Wildman–Crippen MR) is 120 cm³/mol. The third kappa shape index (κ3) is 4.97. The predicted octanol–water partition coefficient (Wildman–Crippen LogP) is 3.47. The maximum absolute atomic E-state index is 12.9. The summed E-state index contributed by atoms with van der Waals surface area (Å²) in [7, 11) is 0. The lowest BCUT2D eigenvalue weighted by molar-refractivity contribution is -0.139. The number of amides is 1. The molecular weight excluding hydrogens is 392 g/mol. The number of benzene rings is 2. The third-order valence-electron chi connectivity index (χ3n) is 5.78. The minimum atomic E-state index is -0.612. The Labute approximate surface area is 182 Å². The molecule has 0 unspecified atom stereocenters. The van der Waals surface area contributed by atoms with Crippen molar-refractivity contribution in [3.05, 3.63) is 76.1 Å². The summed E-state index contributed by atoms with van der Waals surface area (Å²) in [6.45, 7) is 7.72. The highest BCUT2D eigenvalue weighted by molar-refractivity contribution is 5.83.